The van der Waals surface area contributed by atoms with Crippen molar-refractivity contribution in [3.8, 4) is 11.3 Å². The number of hydrogen-bond donors (Lipinski definition) is 2. The van der Waals surface area contributed by atoms with Crippen LogP contribution in [-0.4, -0.2) is 39.4 Å². The zero-order chi connectivity index (χ0) is 22.3. The van der Waals surface area contributed by atoms with Crippen molar-refractivity contribution in [1.29, 1.82) is 0 Å². The van der Waals surface area contributed by atoms with Crippen LogP contribution in [0.5, 0.6) is 0 Å². The highest BCUT2D eigenvalue weighted by Crippen LogP contribution is 2.32. The lowest BCUT2D eigenvalue weighted by molar-refractivity contribution is -0.184. The van der Waals surface area contributed by atoms with Gasteiger partial charge in [0, 0.05) is 23.6 Å². The topological polar surface area (TPSA) is 110 Å². The molecule has 162 valence electrons. The van der Waals surface area contributed by atoms with E-state index in [9.17, 15) is 9.90 Å². The molecule has 32 heavy (non-hydrogen) atoms. The molecule has 4 aromatic rings. The predicted octanol–water partition coefficient (Wildman–Crippen LogP) is 3.88. The van der Waals surface area contributed by atoms with Crippen molar-refractivity contribution in [3.05, 3.63) is 71.7 Å². The first-order valence-corrected chi connectivity index (χ1v) is 10.4. The van der Waals surface area contributed by atoms with Crippen molar-refractivity contribution in [3.63, 3.8) is 0 Å². The fourth-order valence-electron chi connectivity index (χ4n) is 3.73. The van der Waals surface area contributed by atoms with Crippen LogP contribution in [0.2, 0.25) is 0 Å². The van der Waals surface area contributed by atoms with Gasteiger partial charge >= 0.3 is 0 Å². The Balaban J connectivity index is 1.52. The summed E-state index contributed by atoms with van der Waals surface area (Å²) in [6.07, 6.45) is 3.36. The number of hydrogen-bond acceptors (Lipinski definition) is 7. The van der Waals surface area contributed by atoms with Crippen molar-refractivity contribution in [2.75, 3.05) is 18.5 Å². The van der Waals surface area contributed by atoms with E-state index in [4.69, 9.17) is 9.26 Å². The third kappa shape index (κ3) is 3.53. The number of benzene rings is 1. The summed E-state index contributed by atoms with van der Waals surface area (Å²) in [7, 11) is 0. The van der Waals surface area contributed by atoms with Crippen LogP contribution in [0.1, 0.15) is 41.4 Å². The number of carbonyl (C=O) groups excluding carboxylic acids is 1. The van der Waals surface area contributed by atoms with E-state index in [1.807, 2.05) is 26.0 Å². The molecule has 8 nitrogen and oxygen atoms in total. The number of nitrogens with zero attached hydrogens (tertiary/aromatic N) is 3. The van der Waals surface area contributed by atoms with Crippen LogP contribution in [-0.2, 0) is 10.3 Å². The van der Waals surface area contributed by atoms with Gasteiger partial charge < -0.3 is 19.7 Å². The molecule has 0 radical (unpaired) electrons. The Hall–Kier alpha value is -3.62. The smallest absolute Gasteiger partial charge is 0.259 e. The summed E-state index contributed by atoms with van der Waals surface area (Å²) in [4.78, 5) is 22.0. The maximum atomic E-state index is 13.3. The Kier molecular flexibility index (Phi) is 4.96. The van der Waals surface area contributed by atoms with Gasteiger partial charge in [-0.15, -0.1) is 0 Å². The lowest BCUT2D eigenvalue weighted by atomic mass is 9.92. The number of anilines is 1. The Bertz CT molecular complexity index is 1280. The highest BCUT2D eigenvalue weighted by molar-refractivity contribution is 6.13. The molecule has 0 spiro atoms. The van der Waals surface area contributed by atoms with Gasteiger partial charge in [-0.25, -0.2) is 4.98 Å². The molecule has 1 aromatic carbocycles. The number of aromatic nitrogens is 3. The van der Waals surface area contributed by atoms with Crippen LogP contribution in [0, 0.1) is 0 Å². The van der Waals surface area contributed by atoms with Gasteiger partial charge in [0.15, 0.2) is 0 Å². The molecule has 2 N–H and O–H groups in total. The summed E-state index contributed by atoms with van der Waals surface area (Å²) in [6.45, 7) is 4.52. The van der Waals surface area contributed by atoms with E-state index >= 15 is 0 Å². The second-order valence-electron chi connectivity index (χ2n) is 8.26. The fourth-order valence-corrected chi connectivity index (χ4v) is 3.73. The fraction of sp³-hybridized carbons (Fsp3) is 0.250. The minimum atomic E-state index is -0.951. The van der Waals surface area contributed by atoms with Gasteiger partial charge in [-0.3, -0.25) is 9.78 Å². The Morgan fingerprint density at radius 2 is 1.97 bits per heavy atom. The first-order valence-electron chi connectivity index (χ1n) is 10.4. The second kappa shape index (κ2) is 7.81. The van der Waals surface area contributed by atoms with Crippen molar-refractivity contribution in [1.82, 2.24) is 15.1 Å². The molecule has 8 heteroatoms. The van der Waals surface area contributed by atoms with Gasteiger partial charge in [-0.05, 0) is 41.8 Å². The van der Waals surface area contributed by atoms with E-state index in [0.717, 1.165) is 11.1 Å². The minimum Gasteiger partial charge on any atom is -0.380 e. The van der Waals surface area contributed by atoms with Crippen LogP contribution in [0.25, 0.3) is 22.4 Å². The predicted molar refractivity (Wildman–Crippen MR) is 118 cm³/mol. The van der Waals surface area contributed by atoms with Crippen LogP contribution in [0.4, 0.5) is 5.69 Å². The van der Waals surface area contributed by atoms with Gasteiger partial charge in [0.05, 0.1) is 35.6 Å². The first-order chi connectivity index (χ1) is 15.4. The SMILES string of the molecule is CC(C)c1noc2nc(-c3cccnc3)cc(C(=O)Nc3ccc(C4(O)COC4)cc3)c12. The van der Waals surface area contributed by atoms with E-state index < -0.39 is 5.60 Å². The Morgan fingerprint density at radius 1 is 1.19 bits per heavy atom. The Morgan fingerprint density at radius 3 is 2.59 bits per heavy atom. The van der Waals surface area contributed by atoms with Crippen molar-refractivity contribution in [2.45, 2.75) is 25.4 Å². The van der Waals surface area contributed by atoms with Crippen LogP contribution in [0.15, 0.2) is 59.4 Å². The van der Waals surface area contributed by atoms with Crippen molar-refractivity contribution in [2.24, 2.45) is 0 Å². The van der Waals surface area contributed by atoms with Gasteiger partial charge in [0.2, 0.25) is 0 Å². The third-order valence-corrected chi connectivity index (χ3v) is 5.58. The molecule has 0 aliphatic carbocycles. The second-order valence-corrected chi connectivity index (χ2v) is 8.26. The highest BCUT2D eigenvalue weighted by Gasteiger charge is 2.37. The molecular formula is C24H22N4O4. The monoisotopic (exact) mass is 430 g/mol. The Labute approximate surface area is 184 Å². The molecule has 1 amide bonds. The van der Waals surface area contributed by atoms with Crippen LogP contribution < -0.4 is 5.32 Å². The van der Waals surface area contributed by atoms with E-state index in [2.05, 4.69) is 20.4 Å². The van der Waals surface area contributed by atoms with E-state index in [1.165, 1.54) is 0 Å². The highest BCUT2D eigenvalue weighted by atomic mass is 16.5. The molecule has 0 unspecified atom stereocenters. The third-order valence-electron chi connectivity index (χ3n) is 5.58. The average molecular weight is 430 g/mol. The zero-order valence-electron chi connectivity index (χ0n) is 17.7. The number of carbonyl (C=O) groups is 1. The molecule has 0 saturated carbocycles. The quantitative estimate of drug-likeness (QED) is 0.494. The molecular weight excluding hydrogens is 408 g/mol. The number of pyridine rings is 2. The van der Waals surface area contributed by atoms with Crippen LogP contribution >= 0.6 is 0 Å². The number of aliphatic hydroxyl groups is 1. The summed E-state index contributed by atoms with van der Waals surface area (Å²) in [6, 6.07) is 12.5. The van der Waals surface area contributed by atoms with Gasteiger partial charge in [0.1, 0.15) is 5.60 Å². The molecule has 1 aliphatic heterocycles. The molecule has 3 aromatic heterocycles. The molecule has 0 atom stereocenters. The van der Waals surface area contributed by atoms with Gasteiger partial charge in [-0.2, -0.15) is 0 Å². The van der Waals surface area contributed by atoms with Crippen LogP contribution in [0.3, 0.4) is 0 Å². The number of amides is 1. The van der Waals surface area contributed by atoms with E-state index in [1.54, 1.807) is 42.7 Å². The lowest BCUT2D eigenvalue weighted by Gasteiger charge is -2.36. The summed E-state index contributed by atoms with van der Waals surface area (Å²) >= 11 is 0. The normalized spacial score (nSPS) is 15.0. The average Bonchev–Trinajstić information content (AvgIpc) is 3.22. The summed E-state index contributed by atoms with van der Waals surface area (Å²) in [5.74, 6) is -0.246. The number of nitrogens with one attached hydrogen (secondary N) is 1. The van der Waals surface area contributed by atoms with Crippen molar-refractivity contribution < 1.29 is 19.2 Å². The van der Waals surface area contributed by atoms with E-state index in [0.29, 0.717) is 33.7 Å². The maximum absolute atomic E-state index is 13.3. The lowest BCUT2D eigenvalue weighted by Crippen LogP contribution is -2.46. The molecule has 0 bridgehead atoms. The first kappa shape index (κ1) is 20.3. The minimum absolute atomic E-state index is 0.0542. The van der Waals surface area contributed by atoms with Gasteiger partial charge in [0.25, 0.3) is 11.6 Å². The molecule has 1 fully saturated rings. The standard InChI is InChI=1S/C24H22N4O4/c1-14(2)21-20-18(10-19(27-23(20)32-28-21)15-4-3-9-25-11-15)22(29)26-17-7-5-16(6-8-17)24(30)12-31-13-24/h3-11,14,30H,12-13H2,1-2H3,(H,26,29). The largest absolute Gasteiger partial charge is 0.380 e. The summed E-state index contributed by atoms with van der Waals surface area (Å²) in [5, 5.41) is 18.1. The summed E-state index contributed by atoms with van der Waals surface area (Å²) in [5.41, 5.74) is 3.17. The summed E-state index contributed by atoms with van der Waals surface area (Å²) < 4.78 is 10.6. The molecule has 5 rings (SSSR count). The van der Waals surface area contributed by atoms with Gasteiger partial charge in [-0.1, -0.05) is 31.1 Å². The van der Waals surface area contributed by atoms with Crippen molar-refractivity contribution >= 4 is 22.7 Å². The number of fused-ring (bicyclic) bond motifs is 1. The zero-order valence-corrected chi connectivity index (χ0v) is 17.7. The molecule has 1 saturated heterocycles. The molecule has 1 aliphatic rings. The molecule has 4 heterocycles. The maximum Gasteiger partial charge on any atom is 0.259 e. The van der Waals surface area contributed by atoms with E-state index in [-0.39, 0.29) is 25.0 Å². The number of rotatable bonds is 5. The number of ether oxygens (including phenoxy) is 1.